The van der Waals surface area contributed by atoms with E-state index in [1.807, 2.05) is 0 Å². The number of alkyl halides is 4. The first kappa shape index (κ1) is 19.6. The Kier molecular flexibility index (Phi) is 4.32. The summed E-state index contributed by atoms with van der Waals surface area (Å²) in [5.74, 6) is -3.40. The molecule has 13 heteroatoms. The number of benzene rings is 1. The summed E-state index contributed by atoms with van der Waals surface area (Å²) in [6.07, 6.45) is -4.81. The number of anilines is 1. The average molecular weight is 455 g/mol. The Balaban J connectivity index is 1.52. The number of pyridine rings is 1. The molecule has 0 spiro atoms. The quantitative estimate of drug-likeness (QED) is 0.440. The zero-order valence-corrected chi connectivity index (χ0v) is 15.9. The number of aromatic amines is 1. The molecule has 31 heavy (non-hydrogen) atoms. The van der Waals surface area contributed by atoms with Crippen LogP contribution in [0.25, 0.3) is 32.5 Å². The van der Waals surface area contributed by atoms with E-state index < -0.39 is 35.9 Å². The van der Waals surface area contributed by atoms with Crippen LogP contribution in [0, 0.1) is 11.7 Å². The molecule has 0 saturated heterocycles. The first-order valence-corrected chi connectivity index (χ1v) is 9.65. The maximum Gasteiger partial charge on any atom is 0.573 e. The highest BCUT2D eigenvalue weighted by Crippen LogP contribution is 2.39. The summed E-state index contributed by atoms with van der Waals surface area (Å²) in [5, 5.41) is 8.95. The number of carbonyl (C=O) groups is 1. The molecule has 1 amide bonds. The van der Waals surface area contributed by atoms with Crippen molar-refractivity contribution in [3.05, 3.63) is 30.2 Å². The molecule has 0 radical (unpaired) electrons. The van der Waals surface area contributed by atoms with E-state index in [0.717, 1.165) is 17.4 Å². The van der Waals surface area contributed by atoms with Gasteiger partial charge in [-0.3, -0.25) is 9.89 Å². The highest BCUT2D eigenvalue weighted by molar-refractivity contribution is 7.22. The minimum atomic E-state index is -5.08. The lowest BCUT2D eigenvalue weighted by atomic mass is 10.1. The number of thiazole rings is 1. The van der Waals surface area contributed by atoms with E-state index >= 15 is 0 Å². The molecule has 1 aliphatic carbocycles. The van der Waals surface area contributed by atoms with Gasteiger partial charge in [-0.2, -0.15) is 5.10 Å². The number of carbonyl (C=O) groups excluding carboxylic acids is 1. The van der Waals surface area contributed by atoms with Crippen LogP contribution in [0.1, 0.15) is 6.42 Å². The summed E-state index contributed by atoms with van der Waals surface area (Å²) in [4.78, 5) is 20.9. The standard InChI is InChI=1S/C18H10F5N5O2S/c19-9-4-7(9)15(29)27-17-26-12-2-1-11(25-16(12)31-17)6-3-10(20)14(30-18(21,22)23)13-8(6)5-24-28-13/h1-3,5,7,9H,4H2,(H,24,28)(H,26,27,29)/t7-,9+/m1/s1. The van der Waals surface area contributed by atoms with Gasteiger partial charge in [0.05, 0.1) is 17.8 Å². The van der Waals surface area contributed by atoms with E-state index in [2.05, 4.69) is 30.2 Å². The molecule has 1 fully saturated rings. The Morgan fingerprint density at radius 1 is 1.29 bits per heavy atom. The number of nitrogens with one attached hydrogen (secondary N) is 2. The van der Waals surface area contributed by atoms with Crippen molar-refractivity contribution < 1.29 is 31.5 Å². The molecular weight excluding hydrogens is 445 g/mol. The monoisotopic (exact) mass is 455 g/mol. The van der Waals surface area contributed by atoms with Crippen molar-refractivity contribution >= 4 is 43.6 Å². The number of halogens is 5. The number of H-pyrrole nitrogens is 1. The van der Waals surface area contributed by atoms with Crippen LogP contribution in [0.3, 0.4) is 0 Å². The number of ether oxygens (including phenoxy) is 1. The summed E-state index contributed by atoms with van der Waals surface area (Å²) in [6, 6.07) is 3.96. The summed E-state index contributed by atoms with van der Waals surface area (Å²) < 4.78 is 69.2. The van der Waals surface area contributed by atoms with Crippen LogP contribution in [-0.4, -0.2) is 38.6 Å². The summed E-state index contributed by atoms with van der Waals surface area (Å²) in [7, 11) is 0. The topological polar surface area (TPSA) is 92.8 Å². The van der Waals surface area contributed by atoms with Gasteiger partial charge in [-0.05, 0) is 24.6 Å². The average Bonchev–Trinajstić information content (AvgIpc) is 3.09. The molecule has 2 N–H and O–H groups in total. The van der Waals surface area contributed by atoms with Gasteiger partial charge in [0.2, 0.25) is 5.91 Å². The lowest BCUT2D eigenvalue weighted by molar-refractivity contribution is -0.275. The Labute approximate surface area is 173 Å². The molecular formula is C18H10F5N5O2S. The van der Waals surface area contributed by atoms with Gasteiger partial charge in [-0.1, -0.05) is 11.3 Å². The SMILES string of the molecule is O=C(Nc1nc2ccc(-c3cc(F)c(OC(F)(F)F)c4[nH]ncc34)nc2s1)[C@@H]1C[C@@H]1F. The maximum atomic E-state index is 14.5. The van der Waals surface area contributed by atoms with Gasteiger partial charge in [0.1, 0.15) is 22.0 Å². The molecule has 1 aromatic carbocycles. The minimum absolute atomic E-state index is 0.174. The molecule has 3 heterocycles. The predicted octanol–water partition coefficient (Wildman–Crippen LogP) is 4.57. The van der Waals surface area contributed by atoms with Crippen LogP contribution >= 0.6 is 11.3 Å². The van der Waals surface area contributed by atoms with Crippen molar-refractivity contribution in [1.82, 2.24) is 20.2 Å². The van der Waals surface area contributed by atoms with Gasteiger partial charge in [0, 0.05) is 10.9 Å². The van der Waals surface area contributed by atoms with Crippen molar-refractivity contribution in [2.45, 2.75) is 19.0 Å². The second kappa shape index (κ2) is 6.83. The fraction of sp³-hybridized carbons (Fsp3) is 0.222. The number of hydrogen-bond donors (Lipinski definition) is 2. The Morgan fingerprint density at radius 2 is 2.06 bits per heavy atom. The van der Waals surface area contributed by atoms with Crippen molar-refractivity contribution in [1.29, 1.82) is 0 Å². The second-order valence-corrected chi connectivity index (χ2v) is 7.81. The summed E-state index contributed by atoms with van der Waals surface area (Å²) in [5.41, 5.74) is 0.619. The van der Waals surface area contributed by atoms with Gasteiger partial charge < -0.3 is 10.1 Å². The van der Waals surface area contributed by atoms with Crippen molar-refractivity contribution in [3.63, 3.8) is 0 Å². The highest BCUT2D eigenvalue weighted by Gasteiger charge is 2.44. The third-order valence-electron chi connectivity index (χ3n) is 4.67. The minimum Gasteiger partial charge on any atom is -0.400 e. The summed E-state index contributed by atoms with van der Waals surface area (Å²) in [6.45, 7) is 0. The molecule has 4 aromatic rings. The zero-order valence-electron chi connectivity index (χ0n) is 15.1. The van der Waals surface area contributed by atoms with Crippen LogP contribution in [-0.2, 0) is 4.79 Å². The molecule has 5 rings (SSSR count). The number of aromatic nitrogens is 4. The largest absolute Gasteiger partial charge is 0.573 e. The molecule has 0 unspecified atom stereocenters. The first-order chi connectivity index (χ1) is 14.7. The third kappa shape index (κ3) is 3.65. The fourth-order valence-corrected chi connectivity index (χ4v) is 3.98. The number of fused-ring (bicyclic) bond motifs is 2. The molecule has 160 valence electrons. The van der Waals surface area contributed by atoms with Crippen molar-refractivity contribution in [2.24, 2.45) is 5.92 Å². The molecule has 2 atom stereocenters. The predicted molar refractivity (Wildman–Crippen MR) is 101 cm³/mol. The lowest BCUT2D eigenvalue weighted by Crippen LogP contribution is -2.18. The van der Waals surface area contributed by atoms with E-state index in [4.69, 9.17) is 0 Å². The normalized spacial score (nSPS) is 18.5. The van der Waals surface area contributed by atoms with Crippen LogP contribution < -0.4 is 10.1 Å². The number of hydrogen-bond acceptors (Lipinski definition) is 6. The third-order valence-corrected chi connectivity index (χ3v) is 5.55. The van der Waals surface area contributed by atoms with Crippen LogP contribution in [0.4, 0.5) is 27.1 Å². The zero-order chi connectivity index (χ0) is 21.9. The Morgan fingerprint density at radius 3 is 2.77 bits per heavy atom. The van der Waals surface area contributed by atoms with Crippen LogP contribution in [0.5, 0.6) is 5.75 Å². The van der Waals surface area contributed by atoms with Gasteiger partial charge >= 0.3 is 6.36 Å². The Hall–Kier alpha value is -3.35. The number of rotatable bonds is 4. The molecule has 7 nitrogen and oxygen atoms in total. The Bertz CT molecular complexity index is 1330. The number of nitrogens with zero attached hydrogens (tertiary/aromatic N) is 3. The summed E-state index contributed by atoms with van der Waals surface area (Å²) >= 11 is 1.04. The second-order valence-electron chi connectivity index (χ2n) is 6.83. The van der Waals surface area contributed by atoms with Gasteiger partial charge in [-0.25, -0.2) is 18.7 Å². The van der Waals surface area contributed by atoms with Gasteiger partial charge in [0.25, 0.3) is 0 Å². The first-order valence-electron chi connectivity index (χ1n) is 8.84. The molecule has 0 bridgehead atoms. The van der Waals surface area contributed by atoms with E-state index in [-0.39, 0.29) is 33.7 Å². The van der Waals surface area contributed by atoms with E-state index in [1.54, 1.807) is 6.07 Å². The highest BCUT2D eigenvalue weighted by atomic mass is 32.1. The lowest BCUT2D eigenvalue weighted by Gasteiger charge is -2.12. The van der Waals surface area contributed by atoms with Gasteiger partial charge in [-0.15, -0.1) is 13.2 Å². The van der Waals surface area contributed by atoms with Crippen LogP contribution in [0.2, 0.25) is 0 Å². The van der Waals surface area contributed by atoms with Gasteiger partial charge in [0.15, 0.2) is 16.7 Å². The molecule has 1 aliphatic rings. The maximum absolute atomic E-state index is 14.5. The fourth-order valence-electron chi connectivity index (χ4n) is 3.13. The van der Waals surface area contributed by atoms with E-state index in [9.17, 15) is 26.7 Å². The molecule has 0 aliphatic heterocycles. The van der Waals surface area contributed by atoms with Crippen LogP contribution in [0.15, 0.2) is 24.4 Å². The molecule has 1 saturated carbocycles. The van der Waals surface area contributed by atoms with E-state index in [0.29, 0.717) is 10.3 Å². The molecule has 3 aromatic heterocycles. The van der Waals surface area contributed by atoms with Crippen molar-refractivity contribution in [3.8, 4) is 17.0 Å². The smallest absolute Gasteiger partial charge is 0.400 e. The van der Waals surface area contributed by atoms with Crippen molar-refractivity contribution in [2.75, 3.05) is 5.32 Å². The van der Waals surface area contributed by atoms with E-state index in [1.165, 1.54) is 12.3 Å². The number of amides is 1.